The van der Waals surface area contributed by atoms with Gasteiger partial charge in [0.05, 0.1) is 5.41 Å². The van der Waals surface area contributed by atoms with Crippen LogP contribution in [0.15, 0.2) is 18.2 Å². The number of rotatable bonds is 2. The van der Waals surface area contributed by atoms with Crippen LogP contribution in [0.5, 0.6) is 0 Å². The topological polar surface area (TPSA) is 37.3 Å². The molecule has 0 unspecified atom stereocenters. The van der Waals surface area contributed by atoms with Gasteiger partial charge >= 0.3 is 5.97 Å². The highest BCUT2D eigenvalue weighted by Gasteiger charge is 2.53. The first-order chi connectivity index (χ1) is 6.56. The number of hydrogen-bond acceptors (Lipinski definition) is 1. The van der Waals surface area contributed by atoms with E-state index < -0.39 is 17.2 Å². The van der Waals surface area contributed by atoms with Crippen molar-refractivity contribution in [2.45, 2.75) is 18.3 Å². The smallest absolute Gasteiger partial charge is 0.314 e. The zero-order valence-electron chi connectivity index (χ0n) is 7.26. The summed E-state index contributed by atoms with van der Waals surface area (Å²) >= 11 is 5.58. The Balaban J connectivity index is 2.47. The first kappa shape index (κ1) is 9.46. The Morgan fingerprint density at radius 1 is 1.50 bits per heavy atom. The lowest BCUT2D eigenvalue weighted by atomic mass is 9.96. The minimum atomic E-state index is -0.991. The average Bonchev–Trinajstić information content (AvgIpc) is 2.84. The molecule has 0 radical (unpaired) electrons. The van der Waals surface area contributed by atoms with Crippen LogP contribution in [0.1, 0.15) is 18.4 Å². The van der Waals surface area contributed by atoms with Gasteiger partial charge in [-0.05, 0) is 25.0 Å². The van der Waals surface area contributed by atoms with E-state index in [1.54, 1.807) is 0 Å². The van der Waals surface area contributed by atoms with Crippen LogP contribution in [0.4, 0.5) is 4.39 Å². The second-order valence-corrected chi connectivity index (χ2v) is 3.95. The van der Waals surface area contributed by atoms with E-state index in [1.165, 1.54) is 12.1 Å². The largest absolute Gasteiger partial charge is 0.481 e. The summed E-state index contributed by atoms with van der Waals surface area (Å²) in [6, 6.07) is 4.13. The van der Waals surface area contributed by atoms with E-state index in [2.05, 4.69) is 0 Å². The normalized spacial score (nSPS) is 17.9. The molecule has 1 saturated carbocycles. The van der Waals surface area contributed by atoms with E-state index in [9.17, 15) is 9.18 Å². The molecule has 74 valence electrons. The summed E-state index contributed by atoms with van der Waals surface area (Å²) in [5.74, 6) is -1.49. The molecule has 2 nitrogen and oxygen atoms in total. The second-order valence-electron chi connectivity index (χ2n) is 3.51. The first-order valence-corrected chi connectivity index (χ1v) is 4.63. The van der Waals surface area contributed by atoms with Crippen molar-refractivity contribution in [2.75, 3.05) is 0 Å². The van der Waals surface area contributed by atoms with Crippen LogP contribution in [-0.4, -0.2) is 11.1 Å². The molecule has 1 aromatic rings. The van der Waals surface area contributed by atoms with Gasteiger partial charge in [0, 0.05) is 10.6 Å². The van der Waals surface area contributed by atoms with Crippen molar-refractivity contribution < 1.29 is 14.3 Å². The summed E-state index contributed by atoms with van der Waals surface area (Å²) in [6.45, 7) is 0. The van der Waals surface area contributed by atoms with Gasteiger partial charge in [-0.25, -0.2) is 4.39 Å². The van der Waals surface area contributed by atoms with Crippen molar-refractivity contribution in [1.82, 2.24) is 0 Å². The molecule has 1 aromatic carbocycles. The monoisotopic (exact) mass is 214 g/mol. The van der Waals surface area contributed by atoms with Gasteiger partial charge in [0.1, 0.15) is 5.82 Å². The van der Waals surface area contributed by atoms with Gasteiger partial charge < -0.3 is 5.11 Å². The second kappa shape index (κ2) is 2.95. The van der Waals surface area contributed by atoms with Crippen LogP contribution < -0.4 is 0 Å². The molecule has 0 spiro atoms. The van der Waals surface area contributed by atoms with Gasteiger partial charge in [0.25, 0.3) is 0 Å². The van der Waals surface area contributed by atoms with E-state index in [1.807, 2.05) is 0 Å². The number of halogens is 2. The highest BCUT2D eigenvalue weighted by molar-refractivity contribution is 6.30. The number of carboxylic acids is 1. The van der Waals surface area contributed by atoms with Gasteiger partial charge in [0.2, 0.25) is 0 Å². The summed E-state index contributed by atoms with van der Waals surface area (Å²) in [4.78, 5) is 10.9. The van der Waals surface area contributed by atoms with Crippen molar-refractivity contribution >= 4 is 17.6 Å². The molecule has 0 saturated heterocycles. The van der Waals surface area contributed by atoms with Crippen molar-refractivity contribution in [3.8, 4) is 0 Å². The molecular weight excluding hydrogens is 207 g/mol. The molecule has 0 bridgehead atoms. The summed E-state index contributed by atoms with van der Waals surface area (Å²) < 4.78 is 13.4. The number of carboxylic acid groups (broad SMARTS) is 1. The fourth-order valence-corrected chi connectivity index (χ4v) is 1.76. The van der Waals surface area contributed by atoms with Crippen molar-refractivity contribution in [3.05, 3.63) is 34.6 Å². The predicted octanol–water partition coefficient (Wildman–Crippen LogP) is 2.60. The fraction of sp³-hybridized carbons (Fsp3) is 0.300. The van der Waals surface area contributed by atoms with E-state index >= 15 is 0 Å². The standard InChI is InChI=1S/C10H8ClFO2/c11-6-1-2-7(8(12)5-6)10(3-4-10)9(13)14/h1-2,5H,3-4H2,(H,13,14). The Morgan fingerprint density at radius 3 is 2.57 bits per heavy atom. The van der Waals surface area contributed by atoms with Gasteiger partial charge in [-0.15, -0.1) is 0 Å². The maximum atomic E-state index is 13.4. The van der Waals surface area contributed by atoms with E-state index in [-0.39, 0.29) is 10.6 Å². The van der Waals surface area contributed by atoms with Crippen molar-refractivity contribution in [3.63, 3.8) is 0 Å². The number of benzene rings is 1. The number of aliphatic carboxylic acids is 1. The Hall–Kier alpha value is -1.09. The first-order valence-electron chi connectivity index (χ1n) is 4.25. The molecule has 0 atom stereocenters. The van der Waals surface area contributed by atoms with E-state index in [0.29, 0.717) is 12.8 Å². The van der Waals surface area contributed by atoms with Gasteiger partial charge in [-0.1, -0.05) is 17.7 Å². The summed E-state index contributed by atoms with van der Waals surface area (Å²) in [6.07, 6.45) is 1.00. The Bertz CT molecular complexity index is 399. The SMILES string of the molecule is O=C(O)C1(c2ccc(Cl)cc2F)CC1. The number of hydrogen-bond donors (Lipinski definition) is 1. The maximum Gasteiger partial charge on any atom is 0.314 e. The molecule has 14 heavy (non-hydrogen) atoms. The zero-order chi connectivity index (χ0) is 10.3. The van der Waals surface area contributed by atoms with Crippen LogP contribution in [-0.2, 0) is 10.2 Å². The van der Waals surface area contributed by atoms with E-state index in [4.69, 9.17) is 16.7 Å². The van der Waals surface area contributed by atoms with Crippen LogP contribution in [0.2, 0.25) is 5.02 Å². The average molecular weight is 215 g/mol. The van der Waals surface area contributed by atoms with E-state index in [0.717, 1.165) is 6.07 Å². The molecular formula is C10H8ClFO2. The fourth-order valence-electron chi connectivity index (χ4n) is 1.60. The summed E-state index contributed by atoms with van der Waals surface area (Å²) in [5.41, 5.74) is -0.747. The predicted molar refractivity (Wildman–Crippen MR) is 50.0 cm³/mol. The molecule has 0 aliphatic heterocycles. The lowest BCUT2D eigenvalue weighted by Crippen LogP contribution is -2.20. The highest BCUT2D eigenvalue weighted by Crippen LogP contribution is 2.49. The summed E-state index contributed by atoms with van der Waals surface area (Å²) in [5, 5.41) is 9.24. The van der Waals surface area contributed by atoms with Crippen molar-refractivity contribution in [2.24, 2.45) is 0 Å². The minimum absolute atomic E-state index is 0.245. The molecule has 1 N–H and O–H groups in total. The van der Waals surface area contributed by atoms with Gasteiger partial charge in [-0.2, -0.15) is 0 Å². The van der Waals surface area contributed by atoms with Gasteiger partial charge in [-0.3, -0.25) is 4.79 Å². The van der Waals surface area contributed by atoms with Crippen LogP contribution in [0, 0.1) is 5.82 Å². The lowest BCUT2D eigenvalue weighted by Gasteiger charge is -2.10. The molecule has 4 heteroatoms. The molecule has 0 aromatic heterocycles. The Kier molecular flexibility index (Phi) is 2.00. The van der Waals surface area contributed by atoms with Gasteiger partial charge in [0.15, 0.2) is 0 Å². The molecule has 0 amide bonds. The summed E-state index contributed by atoms with van der Waals surface area (Å²) in [7, 11) is 0. The van der Waals surface area contributed by atoms with Crippen molar-refractivity contribution in [1.29, 1.82) is 0 Å². The van der Waals surface area contributed by atoms with Crippen LogP contribution >= 0.6 is 11.6 Å². The quantitative estimate of drug-likeness (QED) is 0.822. The lowest BCUT2D eigenvalue weighted by molar-refractivity contribution is -0.140. The van der Waals surface area contributed by atoms with Crippen LogP contribution in [0.25, 0.3) is 0 Å². The third kappa shape index (κ3) is 1.28. The third-order valence-corrected chi connectivity index (χ3v) is 2.84. The zero-order valence-corrected chi connectivity index (χ0v) is 8.01. The molecule has 0 heterocycles. The molecule has 1 aliphatic carbocycles. The van der Waals surface area contributed by atoms with Crippen LogP contribution in [0.3, 0.4) is 0 Å². The molecule has 1 aliphatic rings. The number of carbonyl (C=O) groups is 1. The third-order valence-electron chi connectivity index (χ3n) is 2.61. The molecule has 2 rings (SSSR count). The molecule has 1 fully saturated rings. The Labute approximate surface area is 85.3 Å². The Morgan fingerprint density at radius 2 is 2.14 bits per heavy atom. The highest BCUT2D eigenvalue weighted by atomic mass is 35.5. The minimum Gasteiger partial charge on any atom is -0.481 e. The maximum absolute atomic E-state index is 13.4.